The zero-order valence-electron chi connectivity index (χ0n) is 20.8. The second-order valence-electron chi connectivity index (χ2n) is 10.3. The van der Waals surface area contributed by atoms with E-state index in [-0.39, 0.29) is 23.2 Å². The molecule has 2 heterocycles. The van der Waals surface area contributed by atoms with Crippen LogP contribution in [0.3, 0.4) is 0 Å². The third-order valence-electron chi connectivity index (χ3n) is 8.15. The maximum atomic E-state index is 13.5. The molecule has 5 nitrogen and oxygen atoms in total. The van der Waals surface area contributed by atoms with Gasteiger partial charge in [-0.2, -0.15) is 5.10 Å². The van der Waals surface area contributed by atoms with E-state index in [4.69, 9.17) is 0 Å². The van der Waals surface area contributed by atoms with Crippen LogP contribution < -0.4 is 5.32 Å². The number of fused-ring (bicyclic) bond motifs is 2. The maximum absolute atomic E-state index is 13.5. The van der Waals surface area contributed by atoms with Crippen molar-refractivity contribution in [3.63, 3.8) is 0 Å². The first-order valence-electron chi connectivity index (χ1n) is 12.8. The molecule has 3 unspecified atom stereocenters. The monoisotopic (exact) mass is 492 g/mol. The van der Waals surface area contributed by atoms with Gasteiger partial charge in [0, 0.05) is 6.20 Å². The Bertz CT molecular complexity index is 1450. The average Bonchev–Trinajstić information content (AvgIpc) is 3.47. The molecule has 0 radical (unpaired) electrons. The molecule has 6 heteroatoms. The van der Waals surface area contributed by atoms with Crippen molar-refractivity contribution in [1.82, 2.24) is 20.1 Å². The number of benzene rings is 2. The van der Waals surface area contributed by atoms with Crippen LogP contribution in [0.15, 0.2) is 90.8 Å². The third-order valence-corrected chi connectivity index (χ3v) is 8.15. The second-order valence-corrected chi connectivity index (χ2v) is 10.3. The standard InChI is InChI=1S/C31H29FN4O/c1-31-19-22-20-34-36(26-14-12-25(32)13-15-26)29(22)18-24(31)11-10-23(31)17-28(21-7-3-2-4-8-21)35-30(37)27-9-5-6-16-33-27/h2-9,12-16,18,20,23,28H,10-11,17,19H2,1H3,(H,35,37). The molecule has 37 heavy (non-hydrogen) atoms. The van der Waals surface area contributed by atoms with Crippen molar-refractivity contribution >= 4 is 12.0 Å². The van der Waals surface area contributed by atoms with Gasteiger partial charge in [-0.1, -0.05) is 48.9 Å². The van der Waals surface area contributed by atoms with Crippen molar-refractivity contribution in [3.8, 4) is 5.69 Å². The van der Waals surface area contributed by atoms with Gasteiger partial charge in [0.15, 0.2) is 0 Å². The van der Waals surface area contributed by atoms with Crippen LogP contribution in [0.1, 0.15) is 59.5 Å². The van der Waals surface area contributed by atoms with Crippen molar-refractivity contribution < 1.29 is 9.18 Å². The number of rotatable bonds is 6. The third kappa shape index (κ3) is 4.37. The smallest absolute Gasteiger partial charge is 0.270 e. The largest absolute Gasteiger partial charge is 0.344 e. The molecule has 4 aromatic rings. The summed E-state index contributed by atoms with van der Waals surface area (Å²) in [6, 6.07) is 22.0. The minimum Gasteiger partial charge on any atom is -0.344 e. The summed E-state index contributed by atoms with van der Waals surface area (Å²) in [6.45, 7) is 2.36. The summed E-state index contributed by atoms with van der Waals surface area (Å²) in [4.78, 5) is 17.3. The number of halogens is 1. The predicted molar refractivity (Wildman–Crippen MR) is 142 cm³/mol. The Morgan fingerprint density at radius 3 is 2.65 bits per heavy atom. The molecule has 1 fully saturated rings. The predicted octanol–water partition coefficient (Wildman–Crippen LogP) is 6.32. The lowest BCUT2D eigenvalue weighted by Gasteiger charge is -2.37. The Hall–Kier alpha value is -4.06. The van der Waals surface area contributed by atoms with Crippen LogP contribution in [-0.4, -0.2) is 20.7 Å². The van der Waals surface area contributed by atoms with E-state index >= 15 is 0 Å². The topological polar surface area (TPSA) is 59.8 Å². The molecule has 0 bridgehead atoms. The van der Waals surface area contributed by atoms with Gasteiger partial charge < -0.3 is 5.32 Å². The van der Waals surface area contributed by atoms with Gasteiger partial charge in [-0.15, -0.1) is 0 Å². The van der Waals surface area contributed by atoms with E-state index in [1.54, 1.807) is 24.4 Å². The highest BCUT2D eigenvalue weighted by Crippen LogP contribution is 2.55. The number of hydrogen-bond donors (Lipinski definition) is 1. The Kier molecular flexibility index (Phi) is 5.95. The lowest BCUT2D eigenvalue weighted by atomic mass is 9.68. The fourth-order valence-corrected chi connectivity index (χ4v) is 6.08. The molecule has 2 aliphatic carbocycles. The number of amides is 1. The van der Waals surface area contributed by atoms with Crippen LogP contribution >= 0.6 is 0 Å². The number of carbonyl (C=O) groups excluding carboxylic acids is 1. The quantitative estimate of drug-likeness (QED) is 0.342. The van der Waals surface area contributed by atoms with Gasteiger partial charge in [0.2, 0.25) is 0 Å². The maximum Gasteiger partial charge on any atom is 0.270 e. The van der Waals surface area contributed by atoms with Gasteiger partial charge >= 0.3 is 0 Å². The number of hydrogen-bond acceptors (Lipinski definition) is 3. The summed E-state index contributed by atoms with van der Waals surface area (Å²) in [5.74, 6) is -0.00683. The summed E-state index contributed by atoms with van der Waals surface area (Å²) < 4.78 is 15.4. The molecule has 0 aliphatic heterocycles. The highest BCUT2D eigenvalue weighted by molar-refractivity contribution is 5.92. The number of allylic oxidation sites excluding steroid dienone is 1. The van der Waals surface area contributed by atoms with Gasteiger partial charge in [0.25, 0.3) is 5.91 Å². The summed E-state index contributed by atoms with van der Waals surface area (Å²) in [5, 5.41) is 7.92. The Morgan fingerprint density at radius 1 is 1.11 bits per heavy atom. The molecule has 1 saturated carbocycles. The first-order valence-corrected chi connectivity index (χ1v) is 12.8. The molecule has 3 atom stereocenters. The van der Waals surface area contributed by atoms with Gasteiger partial charge in [-0.3, -0.25) is 9.78 Å². The summed E-state index contributed by atoms with van der Waals surface area (Å²) in [6.07, 6.45) is 9.72. The highest BCUT2D eigenvalue weighted by atomic mass is 19.1. The van der Waals surface area contributed by atoms with Crippen molar-refractivity contribution in [2.24, 2.45) is 11.3 Å². The Labute approximate surface area is 216 Å². The number of pyridine rings is 1. The van der Waals surface area contributed by atoms with Crippen LogP contribution in [0.25, 0.3) is 11.8 Å². The first-order chi connectivity index (χ1) is 18.0. The molecule has 1 amide bonds. The number of carbonyl (C=O) groups is 1. The molecule has 2 aromatic carbocycles. The minimum atomic E-state index is -0.252. The van der Waals surface area contributed by atoms with Crippen LogP contribution in [0.4, 0.5) is 4.39 Å². The number of nitrogens with zero attached hydrogens (tertiary/aromatic N) is 3. The van der Waals surface area contributed by atoms with Crippen molar-refractivity contribution in [2.75, 3.05) is 0 Å². The molecule has 186 valence electrons. The van der Waals surface area contributed by atoms with E-state index in [1.807, 2.05) is 41.2 Å². The molecule has 0 spiro atoms. The fourth-order valence-electron chi connectivity index (χ4n) is 6.08. The minimum absolute atomic E-state index is 0.00753. The highest BCUT2D eigenvalue weighted by Gasteiger charge is 2.46. The SMILES string of the molecule is CC12Cc3cnn(-c4ccc(F)cc4)c3C=C1CCC2CC(NC(=O)c1ccccn1)c1ccccc1. The lowest BCUT2D eigenvalue weighted by Crippen LogP contribution is -2.35. The molecule has 6 rings (SSSR count). The molecule has 2 aromatic heterocycles. The zero-order chi connectivity index (χ0) is 25.4. The summed E-state index contributed by atoms with van der Waals surface area (Å²) in [7, 11) is 0. The van der Waals surface area contributed by atoms with Crippen LogP contribution in [-0.2, 0) is 6.42 Å². The van der Waals surface area contributed by atoms with E-state index in [0.29, 0.717) is 11.6 Å². The number of nitrogens with one attached hydrogen (secondary N) is 1. The van der Waals surface area contributed by atoms with Crippen LogP contribution in [0.2, 0.25) is 0 Å². The first kappa shape index (κ1) is 23.3. The Morgan fingerprint density at radius 2 is 1.89 bits per heavy atom. The van der Waals surface area contributed by atoms with Gasteiger partial charge in [0.05, 0.1) is 23.6 Å². The van der Waals surface area contributed by atoms with E-state index in [2.05, 4.69) is 40.5 Å². The van der Waals surface area contributed by atoms with Crippen molar-refractivity contribution in [1.29, 1.82) is 0 Å². The Balaban J connectivity index is 1.27. The fraction of sp³-hybridized carbons (Fsp3) is 0.258. The van der Waals surface area contributed by atoms with Gasteiger partial charge in [-0.05, 0) is 90.6 Å². The lowest BCUT2D eigenvalue weighted by molar-refractivity contribution is 0.0918. The molecule has 2 aliphatic rings. The molecular formula is C31H29FN4O. The van der Waals surface area contributed by atoms with E-state index < -0.39 is 0 Å². The summed E-state index contributed by atoms with van der Waals surface area (Å²) >= 11 is 0. The zero-order valence-corrected chi connectivity index (χ0v) is 20.8. The molecule has 0 saturated heterocycles. The summed E-state index contributed by atoms with van der Waals surface area (Å²) in [5.41, 5.74) is 6.10. The van der Waals surface area contributed by atoms with E-state index in [1.165, 1.54) is 23.3 Å². The number of aromatic nitrogens is 3. The normalized spacial score (nSPS) is 21.0. The second kappa shape index (κ2) is 9.43. The van der Waals surface area contributed by atoms with E-state index in [9.17, 15) is 9.18 Å². The molecular weight excluding hydrogens is 463 g/mol. The van der Waals surface area contributed by atoms with E-state index in [0.717, 1.165) is 42.6 Å². The average molecular weight is 493 g/mol. The van der Waals surface area contributed by atoms with Crippen LogP contribution in [0.5, 0.6) is 0 Å². The van der Waals surface area contributed by atoms with Crippen molar-refractivity contribution in [3.05, 3.63) is 119 Å². The van der Waals surface area contributed by atoms with Crippen molar-refractivity contribution in [2.45, 2.75) is 38.6 Å². The van der Waals surface area contributed by atoms with Gasteiger partial charge in [0.1, 0.15) is 11.5 Å². The van der Waals surface area contributed by atoms with Gasteiger partial charge in [-0.25, -0.2) is 9.07 Å². The molecule has 1 N–H and O–H groups in total. The van der Waals surface area contributed by atoms with Crippen LogP contribution in [0, 0.1) is 17.2 Å².